The second-order valence-corrected chi connectivity index (χ2v) is 5.17. The molecule has 0 amide bonds. The fourth-order valence-corrected chi connectivity index (χ4v) is 2.50. The molecule has 3 nitrogen and oxygen atoms in total. The maximum atomic E-state index is 10.6. The average Bonchev–Trinajstić information content (AvgIpc) is 2.57. The van der Waals surface area contributed by atoms with Crippen LogP contribution in [0.15, 0.2) is 12.1 Å². The number of rotatable bonds is 5. The third-order valence-electron chi connectivity index (χ3n) is 2.83. The van der Waals surface area contributed by atoms with E-state index >= 15 is 0 Å². The number of carboxylic acids is 1. The minimum Gasteiger partial charge on any atom is -0.477 e. The molecular formula is C11H15NO2S. The van der Waals surface area contributed by atoms with Crippen LogP contribution < -0.4 is 5.32 Å². The summed E-state index contributed by atoms with van der Waals surface area (Å²) in [5.74, 6) is 0.0224. The van der Waals surface area contributed by atoms with Gasteiger partial charge in [0.05, 0.1) is 0 Å². The Morgan fingerprint density at radius 3 is 2.87 bits per heavy atom. The molecule has 1 aromatic rings. The lowest BCUT2D eigenvalue weighted by Crippen LogP contribution is -2.26. The molecule has 0 bridgehead atoms. The highest BCUT2D eigenvalue weighted by Crippen LogP contribution is 2.25. The lowest BCUT2D eigenvalue weighted by molar-refractivity contribution is 0.0702. The molecule has 0 spiro atoms. The SMILES string of the molecule is O=C(O)c1ccc(CNCC2CCC2)s1. The summed E-state index contributed by atoms with van der Waals surface area (Å²) in [5.41, 5.74) is 0. The van der Waals surface area contributed by atoms with Crippen molar-refractivity contribution in [3.63, 3.8) is 0 Å². The van der Waals surface area contributed by atoms with Gasteiger partial charge in [-0.15, -0.1) is 11.3 Å². The fraction of sp³-hybridized carbons (Fsp3) is 0.545. The smallest absolute Gasteiger partial charge is 0.345 e. The standard InChI is InChI=1S/C11H15NO2S/c13-11(14)10-5-4-9(15-10)7-12-6-8-2-1-3-8/h4-5,8,12H,1-3,6-7H2,(H,13,14). The molecule has 0 atom stereocenters. The van der Waals surface area contributed by atoms with Gasteiger partial charge in [-0.1, -0.05) is 6.42 Å². The normalized spacial score (nSPS) is 16.3. The van der Waals surface area contributed by atoms with Crippen LogP contribution >= 0.6 is 11.3 Å². The van der Waals surface area contributed by atoms with Crippen LogP contribution in [0.25, 0.3) is 0 Å². The zero-order valence-electron chi connectivity index (χ0n) is 8.53. The van der Waals surface area contributed by atoms with Crippen molar-refractivity contribution in [2.75, 3.05) is 6.54 Å². The molecule has 15 heavy (non-hydrogen) atoms. The van der Waals surface area contributed by atoms with Crippen molar-refractivity contribution in [3.8, 4) is 0 Å². The van der Waals surface area contributed by atoms with E-state index in [0.717, 1.165) is 23.9 Å². The third-order valence-corrected chi connectivity index (χ3v) is 3.90. The van der Waals surface area contributed by atoms with E-state index in [0.29, 0.717) is 4.88 Å². The minimum absolute atomic E-state index is 0.426. The Morgan fingerprint density at radius 1 is 1.53 bits per heavy atom. The van der Waals surface area contributed by atoms with Crippen molar-refractivity contribution in [1.82, 2.24) is 5.32 Å². The first-order chi connectivity index (χ1) is 7.25. The van der Waals surface area contributed by atoms with E-state index in [2.05, 4.69) is 5.32 Å². The van der Waals surface area contributed by atoms with Crippen LogP contribution in [0.1, 0.15) is 33.8 Å². The predicted octanol–water partition coefficient (Wildman–Crippen LogP) is 2.34. The van der Waals surface area contributed by atoms with Gasteiger partial charge < -0.3 is 10.4 Å². The van der Waals surface area contributed by atoms with Crippen LogP contribution in [-0.4, -0.2) is 17.6 Å². The maximum Gasteiger partial charge on any atom is 0.345 e. The summed E-state index contributed by atoms with van der Waals surface area (Å²) < 4.78 is 0. The van der Waals surface area contributed by atoms with Gasteiger partial charge in [0.25, 0.3) is 0 Å². The van der Waals surface area contributed by atoms with Crippen LogP contribution in [0.5, 0.6) is 0 Å². The Balaban J connectivity index is 1.75. The Bertz CT molecular complexity index is 344. The van der Waals surface area contributed by atoms with Gasteiger partial charge in [-0.2, -0.15) is 0 Å². The molecule has 1 aliphatic carbocycles. The van der Waals surface area contributed by atoms with E-state index < -0.39 is 5.97 Å². The predicted molar refractivity (Wildman–Crippen MR) is 60.3 cm³/mol. The second-order valence-electron chi connectivity index (χ2n) is 4.00. The quantitative estimate of drug-likeness (QED) is 0.808. The maximum absolute atomic E-state index is 10.6. The highest BCUT2D eigenvalue weighted by molar-refractivity contribution is 7.13. The van der Waals surface area contributed by atoms with E-state index in [1.165, 1.54) is 30.6 Å². The summed E-state index contributed by atoms with van der Waals surface area (Å²) in [4.78, 5) is 12.2. The van der Waals surface area contributed by atoms with Crippen LogP contribution in [0.4, 0.5) is 0 Å². The number of hydrogen-bond donors (Lipinski definition) is 2. The molecule has 0 radical (unpaired) electrons. The first-order valence-electron chi connectivity index (χ1n) is 5.28. The highest BCUT2D eigenvalue weighted by Gasteiger charge is 2.16. The van der Waals surface area contributed by atoms with Gasteiger partial charge in [0.2, 0.25) is 0 Å². The molecule has 1 aromatic heterocycles. The number of carboxylic acid groups (broad SMARTS) is 1. The monoisotopic (exact) mass is 225 g/mol. The Morgan fingerprint density at radius 2 is 2.33 bits per heavy atom. The molecule has 0 unspecified atom stereocenters. The first-order valence-corrected chi connectivity index (χ1v) is 6.10. The largest absolute Gasteiger partial charge is 0.477 e. The van der Waals surface area contributed by atoms with E-state index in [4.69, 9.17) is 5.11 Å². The topological polar surface area (TPSA) is 49.3 Å². The van der Waals surface area contributed by atoms with Crippen LogP contribution in [0.2, 0.25) is 0 Å². The van der Waals surface area contributed by atoms with Gasteiger partial charge in [-0.3, -0.25) is 0 Å². The number of aromatic carboxylic acids is 1. The Kier molecular flexibility index (Phi) is 3.38. The van der Waals surface area contributed by atoms with Crippen LogP contribution in [0, 0.1) is 5.92 Å². The Hall–Kier alpha value is -0.870. The average molecular weight is 225 g/mol. The summed E-state index contributed by atoms with van der Waals surface area (Å²) >= 11 is 1.36. The lowest BCUT2D eigenvalue weighted by atomic mass is 9.85. The third kappa shape index (κ3) is 2.79. The molecule has 0 saturated heterocycles. The molecular weight excluding hydrogens is 210 g/mol. The molecule has 2 rings (SSSR count). The number of hydrogen-bond acceptors (Lipinski definition) is 3. The number of thiophene rings is 1. The van der Waals surface area contributed by atoms with E-state index in [9.17, 15) is 4.79 Å². The van der Waals surface area contributed by atoms with Crippen molar-refractivity contribution < 1.29 is 9.90 Å². The molecule has 0 aliphatic heterocycles. The van der Waals surface area contributed by atoms with Crippen LogP contribution in [0.3, 0.4) is 0 Å². The van der Waals surface area contributed by atoms with Crippen molar-refractivity contribution in [2.45, 2.75) is 25.8 Å². The van der Waals surface area contributed by atoms with Crippen molar-refractivity contribution in [2.24, 2.45) is 5.92 Å². The van der Waals surface area contributed by atoms with Gasteiger partial charge in [0.1, 0.15) is 4.88 Å². The van der Waals surface area contributed by atoms with Gasteiger partial charge in [0.15, 0.2) is 0 Å². The van der Waals surface area contributed by atoms with Gasteiger partial charge in [0, 0.05) is 11.4 Å². The van der Waals surface area contributed by atoms with E-state index in [1.807, 2.05) is 6.07 Å². The summed E-state index contributed by atoms with van der Waals surface area (Å²) in [5, 5.41) is 12.1. The van der Waals surface area contributed by atoms with Crippen LogP contribution in [-0.2, 0) is 6.54 Å². The highest BCUT2D eigenvalue weighted by atomic mass is 32.1. The molecule has 82 valence electrons. The lowest BCUT2D eigenvalue weighted by Gasteiger charge is -2.25. The van der Waals surface area contributed by atoms with Gasteiger partial charge in [-0.25, -0.2) is 4.79 Å². The minimum atomic E-state index is -0.828. The number of nitrogens with one attached hydrogen (secondary N) is 1. The molecule has 1 heterocycles. The summed E-state index contributed by atoms with van der Waals surface area (Å²) in [7, 11) is 0. The molecule has 1 fully saturated rings. The van der Waals surface area contributed by atoms with Crippen molar-refractivity contribution >= 4 is 17.3 Å². The molecule has 1 saturated carbocycles. The first kappa shape index (κ1) is 10.6. The summed E-state index contributed by atoms with van der Waals surface area (Å²) in [6, 6.07) is 3.56. The summed E-state index contributed by atoms with van der Waals surface area (Å²) in [6.07, 6.45) is 4.06. The van der Waals surface area contributed by atoms with Crippen molar-refractivity contribution in [3.05, 3.63) is 21.9 Å². The van der Waals surface area contributed by atoms with E-state index in [-0.39, 0.29) is 0 Å². The van der Waals surface area contributed by atoms with E-state index in [1.54, 1.807) is 6.07 Å². The molecule has 0 aromatic carbocycles. The van der Waals surface area contributed by atoms with Crippen molar-refractivity contribution in [1.29, 1.82) is 0 Å². The summed E-state index contributed by atoms with van der Waals surface area (Å²) in [6.45, 7) is 1.87. The second kappa shape index (κ2) is 4.77. The van der Waals surface area contributed by atoms with Gasteiger partial charge in [-0.05, 0) is 37.4 Å². The molecule has 2 N–H and O–H groups in total. The zero-order chi connectivity index (χ0) is 10.7. The molecule has 1 aliphatic rings. The Labute approximate surface area is 93.1 Å². The zero-order valence-corrected chi connectivity index (χ0v) is 9.35. The van der Waals surface area contributed by atoms with Gasteiger partial charge >= 0.3 is 5.97 Å². The fourth-order valence-electron chi connectivity index (χ4n) is 1.68. The number of carbonyl (C=O) groups is 1. The molecule has 4 heteroatoms.